The van der Waals surface area contributed by atoms with E-state index < -0.39 is 29.4 Å². The number of carboxylic acids is 2. The van der Waals surface area contributed by atoms with Crippen LogP contribution in [-0.4, -0.2) is 28.4 Å². The number of hydrogen-bond acceptors (Lipinski definition) is 3. The second kappa shape index (κ2) is 10.1. The summed E-state index contributed by atoms with van der Waals surface area (Å²) >= 11 is 0. The van der Waals surface area contributed by atoms with Gasteiger partial charge in [0.25, 0.3) is 0 Å². The smallest absolute Gasteiger partial charge is 0.328 e. The minimum Gasteiger partial charge on any atom is -0.478 e. The van der Waals surface area contributed by atoms with Gasteiger partial charge in [-0.25, -0.2) is 22.8 Å². The summed E-state index contributed by atoms with van der Waals surface area (Å²) in [7, 11) is 0. The molecule has 5 nitrogen and oxygen atoms in total. The first kappa shape index (κ1) is 19.4. The van der Waals surface area contributed by atoms with Crippen molar-refractivity contribution in [2.75, 3.05) is 0 Å². The fourth-order valence-corrected chi connectivity index (χ4v) is 1.27. The predicted molar refractivity (Wildman–Crippen MR) is 69.7 cm³/mol. The summed E-state index contributed by atoms with van der Waals surface area (Å²) in [6.07, 6.45) is 2.79. The molecule has 0 saturated heterocycles. The largest absolute Gasteiger partial charge is 0.478 e. The van der Waals surface area contributed by atoms with Crippen molar-refractivity contribution in [3.63, 3.8) is 0 Å². The summed E-state index contributed by atoms with van der Waals surface area (Å²) < 4.78 is 38.1. The van der Waals surface area contributed by atoms with Crippen LogP contribution >= 0.6 is 0 Å². The lowest BCUT2D eigenvalue weighted by Crippen LogP contribution is -1.95. The number of carboxylic acid groups (broad SMARTS) is 2. The van der Waals surface area contributed by atoms with Gasteiger partial charge in [-0.2, -0.15) is 0 Å². The number of carbonyl (C=O) groups is 3. The molecule has 0 atom stereocenters. The molecule has 22 heavy (non-hydrogen) atoms. The fourth-order valence-electron chi connectivity index (χ4n) is 1.27. The van der Waals surface area contributed by atoms with Crippen LogP contribution in [0.2, 0.25) is 0 Å². The molecule has 1 aromatic rings. The van der Waals surface area contributed by atoms with Gasteiger partial charge in [0.2, 0.25) is 0 Å². The first-order valence-corrected chi connectivity index (χ1v) is 5.99. The number of hydrogen-bond donors (Lipinski definition) is 2. The van der Waals surface area contributed by atoms with Gasteiger partial charge in [-0.1, -0.05) is 0 Å². The van der Waals surface area contributed by atoms with E-state index in [4.69, 9.17) is 10.2 Å². The van der Waals surface area contributed by atoms with Crippen LogP contribution in [0.1, 0.15) is 18.4 Å². The summed E-state index contributed by atoms with van der Waals surface area (Å²) in [5, 5.41) is 15.6. The number of aliphatic carboxylic acids is 2. The SMILES string of the molecule is O=C(O)/C=C/C(=O)O.O=CCCCc1cc(F)c(F)cc1F. The van der Waals surface area contributed by atoms with E-state index in [1.165, 1.54) is 0 Å². The van der Waals surface area contributed by atoms with E-state index in [-0.39, 0.29) is 12.0 Å². The third-order valence-electron chi connectivity index (χ3n) is 2.23. The predicted octanol–water partition coefficient (Wildman–Crippen LogP) is 2.34. The van der Waals surface area contributed by atoms with Crippen LogP contribution in [-0.2, 0) is 20.8 Å². The van der Waals surface area contributed by atoms with Crippen LogP contribution in [0.3, 0.4) is 0 Å². The van der Waals surface area contributed by atoms with Crippen molar-refractivity contribution in [1.82, 2.24) is 0 Å². The molecule has 8 heteroatoms. The lowest BCUT2D eigenvalue weighted by atomic mass is 10.1. The third-order valence-corrected chi connectivity index (χ3v) is 2.23. The Hall–Kier alpha value is -2.64. The summed E-state index contributed by atoms with van der Waals surface area (Å²) in [6.45, 7) is 0. The highest BCUT2D eigenvalue weighted by atomic mass is 19.2. The topological polar surface area (TPSA) is 91.7 Å². The van der Waals surface area contributed by atoms with Crippen molar-refractivity contribution in [1.29, 1.82) is 0 Å². The number of halogens is 3. The molecule has 120 valence electrons. The monoisotopic (exact) mass is 318 g/mol. The van der Waals surface area contributed by atoms with E-state index in [9.17, 15) is 27.6 Å². The maximum absolute atomic E-state index is 13.0. The second-order valence-corrected chi connectivity index (χ2v) is 3.93. The Kier molecular flexibility index (Phi) is 8.92. The van der Waals surface area contributed by atoms with Gasteiger partial charge in [0, 0.05) is 24.6 Å². The Morgan fingerprint density at radius 2 is 1.45 bits per heavy atom. The first-order valence-electron chi connectivity index (χ1n) is 5.99. The Balaban J connectivity index is 0.000000472. The van der Waals surface area contributed by atoms with Gasteiger partial charge >= 0.3 is 11.9 Å². The van der Waals surface area contributed by atoms with Gasteiger partial charge in [0.1, 0.15) is 12.1 Å². The van der Waals surface area contributed by atoms with Crippen LogP contribution in [0.5, 0.6) is 0 Å². The highest BCUT2D eigenvalue weighted by molar-refractivity contribution is 5.89. The minimum absolute atomic E-state index is 0.103. The zero-order chi connectivity index (χ0) is 17.1. The van der Waals surface area contributed by atoms with Crippen molar-refractivity contribution in [3.8, 4) is 0 Å². The molecule has 0 heterocycles. The number of rotatable bonds is 6. The number of carbonyl (C=O) groups excluding carboxylic acids is 1. The molecule has 2 N–H and O–H groups in total. The molecule has 1 rings (SSSR count). The van der Waals surface area contributed by atoms with Crippen LogP contribution < -0.4 is 0 Å². The molecule has 0 radical (unpaired) electrons. The zero-order valence-electron chi connectivity index (χ0n) is 11.3. The molecule has 0 amide bonds. The third kappa shape index (κ3) is 8.51. The Morgan fingerprint density at radius 1 is 0.955 bits per heavy atom. The van der Waals surface area contributed by atoms with Gasteiger partial charge in [-0.3, -0.25) is 0 Å². The standard InChI is InChI=1S/C10H9F3O.C4H4O4/c11-8-6-10(13)9(12)5-7(8)3-1-2-4-14;5-3(6)1-2-4(7)8/h4-6H,1-3H2;1-2H,(H,5,6)(H,7,8)/b;2-1+. The van der Waals surface area contributed by atoms with Gasteiger partial charge in [-0.05, 0) is 24.5 Å². The molecule has 0 aromatic heterocycles. The van der Waals surface area contributed by atoms with E-state index in [2.05, 4.69) is 0 Å². The van der Waals surface area contributed by atoms with E-state index in [1.54, 1.807) is 0 Å². The van der Waals surface area contributed by atoms with E-state index in [0.29, 0.717) is 37.3 Å². The Morgan fingerprint density at radius 3 is 1.91 bits per heavy atom. The average Bonchev–Trinajstić information content (AvgIpc) is 2.43. The quantitative estimate of drug-likeness (QED) is 0.363. The minimum atomic E-state index is -1.26. The summed E-state index contributed by atoms with van der Waals surface area (Å²) in [6, 6.07) is 1.35. The molecule has 0 bridgehead atoms. The van der Waals surface area contributed by atoms with Crippen molar-refractivity contribution in [2.24, 2.45) is 0 Å². The summed E-state index contributed by atoms with van der Waals surface area (Å²) in [5.74, 6) is -5.54. The zero-order valence-corrected chi connectivity index (χ0v) is 11.3. The normalized spacial score (nSPS) is 9.95. The molecule has 0 unspecified atom stereocenters. The lowest BCUT2D eigenvalue weighted by molar-refractivity contribution is -0.134. The van der Waals surface area contributed by atoms with Crippen LogP contribution in [0.25, 0.3) is 0 Å². The second-order valence-electron chi connectivity index (χ2n) is 3.93. The number of unbranched alkanes of at least 4 members (excludes halogenated alkanes) is 1. The summed E-state index contributed by atoms with van der Waals surface area (Å²) in [5.41, 5.74) is 0.103. The first-order chi connectivity index (χ1) is 10.3. The van der Waals surface area contributed by atoms with Crippen LogP contribution in [0.15, 0.2) is 24.3 Å². The summed E-state index contributed by atoms with van der Waals surface area (Å²) in [4.78, 5) is 29.1. The number of aldehydes is 1. The molecule has 1 aromatic carbocycles. The van der Waals surface area contributed by atoms with Crippen molar-refractivity contribution < 1.29 is 37.8 Å². The van der Waals surface area contributed by atoms with Crippen molar-refractivity contribution in [3.05, 3.63) is 47.3 Å². The molecule has 0 spiro atoms. The average molecular weight is 318 g/mol. The van der Waals surface area contributed by atoms with E-state index in [0.717, 1.165) is 6.07 Å². The molecule has 0 fully saturated rings. The fraction of sp³-hybridized carbons (Fsp3) is 0.214. The highest BCUT2D eigenvalue weighted by Gasteiger charge is 2.08. The molecule has 0 saturated carbocycles. The van der Waals surface area contributed by atoms with Gasteiger partial charge in [0.15, 0.2) is 11.6 Å². The number of aryl methyl sites for hydroxylation is 1. The molecule has 0 aliphatic heterocycles. The lowest BCUT2D eigenvalue weighted by Gasteiger charge is -2.02. The molecular formula is C14H13F3O5. The molecule has 0 aliphatic rings. The van der Waals surface area contributed by atoms with Gasteiger partial charge in [0.05, 0.1) is 0 Å². The Bertz CT molecular complexity index is 554. The number of benzene rings is 1. The maximum atomic E-state index is 13.0. The van der Waals surface area contributed by atoms with Crippen LogP contribution in [0.4, 0.5) is 13.2 Å². The maximum Gasteiger partial charge on any atom is 0.328 e. The molecule has 0 aliphatic carbocycles. The molecular weight excluding hydrogens is 305 g/mol. The van der Waals surface area contributed by atoms with E-state index >= 15 is 0 Å². The van der Waals surface area contributed by atoms with Gasteiger partial charge in [-0.15, -0.1) is 0 Å². The van der Waals surface area contributed by atoms with Gasteiger partial charge < -0.3 is 15.0 Å². The highest BCUT2D eigenvalue weighted by Crippen LogP contribution is 2.15. The van der Waals surface area contributed by atoms with Crippen molar-refractivity contribution >= 4 is 18.2 Å². The van der Waals surface area contributed by atoms with Crippen molar-refractivity contribution in [2.45, 2.75) is 19.3 Å². The Labute approximate surface area is 123 Å². The van der Waals surface area contributed by atoms with E-state index in [1.807, 2.05) is 0 Å². The van der Waals surface area contributed by atoms with Crippen LogP contribution in [0, 0.1) is 17.5 Å².